The van der Waals surface area contributed by atoms with Crippen molar-refractivity contribution in [2.24, 2.45) is 0 Å². The predicted molar refractivity (Wildman–Crippen MR) is 104 cm³/mol. The maximum Gasteiger partial charge on any atom is 0.416 e. The summed E-state index contributed by atoms with van der Waals surface area (Å²) in [6.45, 7) is 1.03. The van der Waals surface area contributed by atoms with Crippen LogP contribution in [0.4, 0.5) is 18.9 Å². The molecule has 1 amide bonds. The monoisotopic (exact) mass is 446 g/mol. The van der Waals surface area contributed by atoms with Crippen LogP contribution in [0.2, 0.25) is 5.02 Å². The predicted octanol–water partition coefficient (Wildman–Crippen LogP) is 4.54. The molecule has 0 saturated carbocycles. The Hall–Kier alpha value is -2.10. The number of carbonyl (C=O) groups is 1. The maximum atomic E-state index is 12.8. The number of amides is 1. The second-order valence-electron chi connectivity index (χ2n) is 6.71. The van der Waals surface area contributed by atoms with Gasteiger partial charge >= 0.3 is 6.18 Å². The van der Waals surface area contributed by atoms with E-state index in [4.69, 9.17) is 11.6 Å². The number of anilines is 1. The Kier molecular flexibility index (Phi) is 6.21. The van der Waals surface area contributed by atoms with Crippen LogP contribution < -0.4 is 5.32 Å². The summed E-state index contributed by atoms with van der Waals surface area (Å²) >= 11 is 5.88. The molecular formula is C19H18ClF3N2O3S. The SMILES string of the molecule is O=C(Nc1cc(C(F)(F)F)ccc1Cl)c1ccc(CS(=O)(=O)N2CCCC2)cc1. The van der Waals surface area contributed by atoms with Crippen molar-refractivity contribution < 1.29 is 26.4 Å². The van der Waals surface area contributed by atoms with E-state index in [2.05, 4.69) is 5.32 Å². The molecule has 1 heterocycles. The molecular weight excluding hydrogens is 429 g/mol. The molecule has 0 spiro atoms. The quantitative estimate of drug-likeness (QED) is 0.733. The Labute approximate surface area is 171 Å². The van der Waals surface area contributed by atoms with Crippen molar-refractivity contribution in [1.82, 2.24) is 4.31 Å². The molecule has 0 atom stereocenters. The number of nitrogens with zero attached hydrogens (tertiary/aromatic N) is 1. The van der Waals surface area contributed by atoms with Crippen LogP contribution in [0.25, 0.3) is 0 Å². The summed E-state index contributed by atoms with van der Waals surface area (Å²) in [6, 6.07) is 8.51. The second-order valence-corrected chi connectivity index (χ2v) is 9.08. The molecule has 5 nitrogen and oxygen atoms in total. The number of rotatable bonds is 5. The minimum absolute atomic E-state index is 0.0281. The van der Waals surface area contributed by atoms with Crippen LogP contribution in [0.1, 0.15) is 34.3 Å². The minimum Gasteiger partial charge on any atom is -0.321 e. The highest BCUT2D eigenvalue weighted by Crippen LogP contribution is 2.34. The molecule has 2 aromatic rings. The van der Waals surface area contributed by atoms with Gasteiger partial charge in [-0.15, -0.1) is 0 Å². The number of hydrogen-bond acceptors (Lipinski definition) is 3. The van der Waals surface area contributed by atoms with Gasteiger partial charge in [0.25, 0.3) is 5.91 Å². The molecule has 0 radical (unpaired) electrons. The highest BCUT2D eigenvalue weighted by atomic mass is 35.5. The summed E-state index contributed by atoms with van der Waals surface area (Å²) in [4.78, 5) is 12.4. The van der Waals surface area contributed by atoms with Crippen LogP contribution in [-0.2, 0) is 22.0 Å². The van der Waals surface area contributed by atoms with Gasteiger partial charge in [-0.05, 0) is 48.7 Å². The molecule has 1 aliphatic rings. The van der Waals surface area contributed by atoms with Crippen molar-refractivity contribution in [3.05, 3.63) is 64.2 Å². The number of carbonyl (C=O) groups excluding carboxylic acids is 1. The molecule has 29 heavy (non-hydrogen) atoms. The molecule has 3 rings (SSSR count). The van der Waals surface area contributed by atoms with E-state index in [1.54, 1.807) is 0 Å². The van der Waals surface area contributed by atoms with E-state index in [1.165, 1.54) is 28.6 Å². The summed E-state index contributed by atoms with van der Waals surface area (Å²) in [5, 5.41) is 2.33. The fourth-order valence-electron chi connectivity index (χ4n) is 3.01. The van der Waals surface area contributed by atoms with Gasteiger partial charge in [-0.1, -0.05) is 23.7 Å². The fraction of sp³-hybridized carbons (Fsp3) is 0.316. The average Bonchev–Trinajstić information content (AvgIpc) is 3.18. The Morgan fingerprint density at radius 2 is 1.69 bits per heavy atom. The Balaban J connectivity index is 1.71. The topological polar surface area (TPSA) is 66.5 Å². The third kappa shape index (κ3) is 5.29. The van der Waals surface area contributed by atoms with Crippen molar-refractivity contribution in [3.8, 4) is 0 Å². The highest BCUT2D eigenvalue weighted by Gasteiger charge is 2.31. The van der Waals surface area contributed by atoms with E-state index < -0.39 is 27.7 Å². The average molecular weight is 447 g/mol. The number of nitrogens with one attached hydrogen (secondary N) is 1. The Morgan fingerprint density at radius 3 is 2.28 bits per heavy atom. The van der Waals surface area contributed by atoms with E-state index in [1.807, 2.05) is 0 Å². The highest BCUT2D eigenvalue weighted by molar-refractivity contribution is 7.88. The van der Waals surface area contributed by atoms with Crippen LogP contribution in [0.15, 0.2) is 42.5 Å². The van der Waals surface area contributed by atoms with E-state index in [0.717, 1.165) is 31.0 Å². The molecule has 1 N–H and O–H groups in total. The standard InChI is InChI=1S/C19H18ClF3N2O3S/c20-16-8-7-15(19(21,22)23)11-17(16)24-18(26)14-5-3-13(4-6-14)12-29(27,28)25-9-1-2-10-25/h3-8,11H,1-2,9-10,12H2,(H,24,26). The van der Waals surface area contributed by atoms with Gasteiger partial charge in [-0.2, -0.15) is 13.2 Å². The molecule has 0 bridgehead atoms. The lowest BCUT2D eigenvalue weighted by Crippen LogP contribution is -2.29. The van der Waals surface area contributed by atoms with Crippen molar-refractivity contribution >= 4 is 33.2 Å². The normalized spacial score (nSPS) is 15.4. The first-order valence-electron chi connectivity index (χ1n) is 8.81. The van der Waals surface area contributed by atoms with Crippen molar-refractivity contribution in [1.29, 1.82) is 0 Å². The molecule has 0 aliphatic carbocycles. The zero-order valence-corrected chi connectivity index (χ0v) is 16.7. The molecule has 0 aromatic heterocycles. The third-order valence-corrected chi connectivity index (χ3v) is 6.75. The van der Waals surface area contributed by atoms with Gasteiger partial charge in [0.1, 0.15) is 0 Å². The van der Waals surface area contributed by atoms with Crippen molar-refractivity contribution in [2.75, 3.05) is 18.4 Å². The number of hydrogen-bond donors (Lipinski definition) is 1. The largest absolute Gasteiger partial charge is 0.416 e. The van der Waals surface area contributed by atoms with E-state index in [0.29, 0.717) is 18.7 Å². The van der Waals surface area contributed by atoms with Gasteiger partial charge < -0.3 is 5.32 Å². The summed E-state index contributed by atoms with van der Waals surface area (Å²) in [5.74, 6) is -0.825. The van der Waals surface area contributed by atoms with Crippen molar-refractivity contribution in [2.45, 2.75) is 24.8 Å². The number of sulfonamides is 1. The van der Waals surface area contributed by atoms with Gasteiger partial charge in [0.05, 0.1) is 22.0 Å². The summed E-state index contributed by atoms with van der Waals surface area (Å²) in [7, 11) is -3.41. The van der Waals surface area contributed by atoms with Gasteiger partial charge in [0.2, 0.25) is 10.0 Å². The molecule has 1 fully saturated rings. The first-order valence-corrected chi connectivity index (χ1v) is 10.8. The number of halogens is 4. The molecule has 156 valence electrons. The van der Waals surface area contributed by atoms with E-state index in [-0.39, 0.29) is 22.0 Å². The van der Waals surface area contributed by atoms with Gasteiger partial charge in [-0.3, -0.25) is 4.79 Å². The molecule has 2 aromatic carbocycles. The molecule has 0 unspecified atom stereocenters. The second kappa shape index (κ2) is 8.33. The van der Waals surface area contributed by atoms with Crippen LogP contribution in [-0.4, -0.2) is 31.7 Å². The number of alkyl halides is 3. The summed E-state index contributed by atoms with van der Waals surface area (Å²) in [5.41, 5.74) is -0.404. The van der Waals surface area contributed by atoms with Crippen LogP contribution in [0.5, 0.6) is 0 Å². The van der Waals surface area contributed by atoms with Crippen molar-refractivity contribution in [3.63, 3.8) is 0 Å². The Bertz CT molecular complexity index is 1000. The van der Waals surface area contributed by atoms with Gasteiger partial charge in [-0.25, -0.2) is 12.7 Å². The summed E-state index contributed by atoms with van der Waals surface area (Å²) < 4.78 is 64.7. The van der Waals surface area contributed by atoms with Gasteiger partial charge in [0, 0.05) is 18.7 Å². The fourth-order valence-corrected chi connectivity index (χ4v) is 4.79. The molecule has 1 saturated heterocycles. The zero-order chi connectivity index (χ0) is 21.2. The summed E-state index contributed by atoms with van der Waals surface area (Å²) in [6.07, 6.45) is -2.88. The third-order valence-electron chi connectivity index (χ3n) is 4.57. The lowest BCUT2D eigenvalue weighted by molar-refractivity contribution is -0.137. The maximum absolute atomic E-state index is 12.8. The van der Waals surface area contributed by atoms with E-state index in [9.17, 15) is 26.4 Å². The number of benzene rings is 2. The van der Waals surface area contributed by atoms with E-state index >= 15 is 0 Å². The molecule has 10 heteroatoms. The van der Waals surface area contributed by atoms with Crippen LogP contribution >= 0.6 is 11.6 Å². The Morgan fingerprint density at radius 1 is 1.07 bits per heavy atom. The minimum atomic E-state index is -4.56. The smallest absolute Gasteiger partial charge is 0.321 e. The first kappa shape index (κ1) is 21.6. The first-order chi connectivity index (χ1) is 13.6. The lowest BCUT2D eigenvalue weighted by Gasteiger charge is -2.15. The molecule has 1 aliphatic heterocycles. The lowest BCUT2D eigenvalue weighted by atomic mass is 10.1. The van der Waals surface area contributed by atoms with Gasteiger partial charge in [0.15, 0.2) is 0 Å². The zero-order valence-electron chi connectivity index (χ0n) is 15.2. The van der Waals surface area contributed by atoms with Crippen LogP contribution in [0, 0.1) is 0 Å². The van der Waals surface area contributed by atoms with Crippen LogP contribution in [0.3, 0.4) is 0 Å².